The minimum atomic E-state index is -3.22. The lowest BCUT2D eigenvalue weighted by Gasteiger charge is -2.06. The molecule has 0 heterocycles. The Kier molecular flexibility index (Phi) is 6.35. The molecule has 0 bridgehead atoms. The van der Waals surface area contributed by atoms with E-state index < -0.39 is 22.4 Å². The predicted molar refractivity (Wildman–Crippen MR) is 96.1 cm³/mol. The van der Waals surface area contributed by atoms with Crippen molar-refractivity contribution in [3.05, 3.63) is 59.7 Å². The highest BCUT2D eigenvalue weighted by atomic mass is 32.2. The van der Waals surface area contributed by atoms with Crippen LogP contribution in [0.2, 0.25) is 0 Å². The standard InChI is InChI=1S/C18H19NO6S/c1-13(15-4-3-5-16(10-15)24-12-18(20)21)19-25-11-14-6-8-17(9-7-14)26(2,22)23/h3-10H,11-12H2,1-2H3,(H,20,21). The van der Waals surface area contributed by atoms with E-state index in [-0.39, 0.29) is 11.5 Å². The van der Waals surface area contributed by atoms with Gasteiger partial charge in [-0.2, -0.15) is 0 Å². The van der Waals surface area contributed by atoms with Crippen molar-refractivity contribution in [2.24, 2.45) is 5.16 Å². The summed E-state index contributed by atoms with van der Waals surface area (Å²) in [6.07, 6.45) is 1.15. The highest BCUT2D eigenvalue weighted by Gasteiger charge is 2.06. The van der Waals surface area contributed by atoms with Gasteiger partial charge >= 0.3 is 5.97 Å². The normalized spacial score (nSPS) is 11.8. The summed E-state index contributed by atoms with van der Waals surface area (Å²) in [6.45, 7) is 1.53. The molecular weight excluding hydrogens is 358 g/mol. The SMILES string of the molecule is CC(=NOCc1ccc(S(C)(=O)=O)cc1)c1cccc(OCC(=O)O)c1. The van der Waals surface area contributed by atoms with Crippen molar-refractivity contribution in [1.29, 1.82) is 0 Å². The van der Waals surface area contributed by atoms with Crippen molar-refractivity contribution in [2.45, 2.75) is 18.4 Å². The van der Waals surface area contributed by atoms with Crippen LogP contribution < -0.4 is 4.74 Å². The zero-order valence-electron chi connectivity index (χ0n) is 14.4. The number of oxime groups is 1. The van der Waals surface area contributed by atoms with E-state index in [0.29, 0.717) is 11.5 Å². The van der Waals surface area contributed by atoms with E-state index in [1.54, 1.807) is 43.3 Å². The van der Waals surface area contributed by atoms with Crippen LogP contribution in [-0.2, 0) is 26.1 Å². The molecule has 0 saturated heterocycles. The molecule has 0 fully saturated rings. The van der Waals surface area contributed by atoms with Gasteiger partial charge in [-0.15, -0.1) is 0 Å². The number of carboxylic acid groups (broad SMARTS) is 1. The Morgan fingerprint density at radius 3 is 2.46 bits per heavy atom. The molecule has 0 saturated carbocycles. The Morgan fingerprint density at radius 1 is 1.15 bits per heavy atom. The Hall–Kier alpha value is -2.87. The Morgan fingerprint density at radius 2 is 1.85 bits per heavy atom. The van der Waals surface area contributed by atoms with Crippen LogP contribution in [0.5, 0.6) is 5.75 Å². The molecule has 7 nitrogen and oxygen atoms in total. The summed E-state index contributed by atoms with van der Waals surface area (Å²) in [4.78, 5) is 16.1. The average Bonchev–Trinajstić information content (AvgIpc) is 2.60. The number of carbonyl (C=O) groups is 1. The molecule has 2 aromatic carbocycles. The number of hydrogen-bond acceptors (Lipinski definition) is 6. The molecule has 0 unspecified atom stereocenters. The molecule has 0 aliphatic heterocycles. The number of sulfone groups is 1. The molecule has 0 atom stereocenters. The molecule has 138 valence electrons. The van der Waals surface area contributed by atoms with Crippen LogP contribution in [0.4, 0.5) is 0 Å². The molecule has 26 heavy (non-hydrogen) atoms. The quantitative estimate of drug-likeness (QED) is 0.560. The third kappa shape index (κ3) is 5.89. The van der Waals surface area contributed by atoms with E-state index in [9.17, 15) is 13.2 Å². The molecule has 0 aliphatic rings. The molecule has 0 aliphatic carbocycles. The highest BCUT2D eigenvalue weighted by Crippen LogP contribution is 2.15. The number of rotatable bonds is 8. The van der Waals surface area contributed by atoms with Crippen LogP contribution in [0.3, 0.4) is 0 Å². The predicted octanol–water partition coefficient (Wildman–Crippen LogP) is 2.49. The number of hydrogen-bond donors (Lipinski definition) is 1. The lowest BCUT2D eigenvalue weighted by molar-refractivity contribution is -0.139. The lowest BCUT2D eigenvalue weighted by atomic mass is 10.1. The summed E-state index contributed by atoms with van der Waals surface area (Å²) in [5, 5.41) is 12.7. The number of carboxylic acids is 1. The molecular formula is C18H19NO6S. The molecule has 0 spiro atoms. The van der Waals surface area contributed by atoms with E-state index in [2.05, 4.69) is 5.16 Å². The maximum Gasteiger partial charge on any atom is 0.341 e. The molecule has 2 aromatic rings. The van der Waals surface area contributed by atoms with Crippen molar-refractivity contribution >= 4 is 21.5 Å². The average molecular weight is 377 g/mol. The first-order chi connectivity index (χ1) is 12.3. The minimum absolute atomic E-state index is 0.191. The van der Waals surface area contributed by atoms with Crippen LogP contribution in [0, 0.1) is 0 Å². The second-order valence-corrected chi connectivity index (χ2v) is 7.59. The van der Waals surface area contributed by atoms with Gasteiger partial charge in [-0.1, -0.05) is 29.4 Å². The van der Waals surface area contributed by atoms with Crippen LogP contribution in [0.25, 0.3) is 0 Å². The second-order valence-electron chi connectivity index (χ2n) is 5.58. The van der Waals surface area contributed by atoms with E-state index in [4.69, 9.17) is 14.7 Å². The molecule has 1 N–H and O–H groups in total. The fourth-order valence-electron chi connectivity index (χ4n) is 2.05. The summed E-state index contributed by atoms with van der Waals surface area (Å²) in [6, 6.07) is 13.2. The van der Waals surface area contributed by atoms with Crippen molar-refractivity contribution in [3.8, 4) is 5.75 Å². The fourth-order valence-corrected chi connectivity index (χ4v) is 2.68. The maximum atomic E-state index is 11.4. The number of benzene rings is 2. The Balaban J connectivity index is 1.97. The molecule has 0 radical (unpaired) electrons. The second kappa shape index (κ2) is 8.48. The molecule has 8 heteroatoms. The van der Waals surface area contributed by atoms with E-state index in [1.165, 1.54) is 12.1 Å². The fraction of sp³-hybridized carbons (Fsp3) is 0.222. The maximum absolute atomic E-state index is 11.4. The van der Waals surface area contributed by atoms with Gasteiger partial charge in [-0.05, 0) is 36.8 Å². The van der Waals surface area contributed by atoms with Crippen LogP contribution in [-0.4, -0.2) is 38.1 Å². The van der Waals surface area contributed by atoms with Crippen molar-refractivity contribution < 1.29 is 27.9 Å². The van der Waals surface area contributed by atoms with Crippen molar-refractivity contribution in [2.75, 3.05) is 12.9 Å². The van der Waals surface area contributed by atoms with Gasteiger partial charge in [0.2, 0.25) is 0 Å². The third-order valence-corrected chi connectivity index (χ3v) is 4.53. The zero-order valence-corrected chi connectivity index (χ0v) is 15.2. The van der Waals surface area contributed by atoms with Gasteiger partial charge in [0.15, 0.2) is 16.4 Å². The molecule has 0 aromatic heterocycles. The van der Waals surface area contributed by atoms with E-state index in [0.717, 1.165) is 17.4 Å². The van der Waals surface area contributed by atoms with Crippen LogP contribution >= 0.6 is 0 Å². The van der Waals surface area contributed by atoms with Crippen molar-refractivity contribution in [1.82, 2.24) is 0 Å². The third-order valence-electron chi connectivity index (χ3n) is 3.40. The lowest BCUT2D eigenvalue weighted by Crippen LogP contribution is -2.09. The van der Waals surface area contributed by atoms with Crippen molar-refractivity contribution in [3.63, 3.8) is 0 Å². The molecule has 0 amide bonds. The smallest absolute Gasteiger partial charge is 0.341 e. The number of aliphatic carboxylic acids is 1. The molecule has 2 rings (SSSR count). The topological polar surface area (TPSA) is 102 Å². The van der Waals surface area contributed by atoms with Gasteiger partial charge in [0.05, 0.1) is 10.6 Å². The van der Waals surface area contributed by atoms with Gasteiger partial charge in [0.25, 0.3) is 0 Å². The minimum Gasteiger partial charge on any atom is -0.482 e. The first kappa shape index (κ1) is 19.5. The summed E-state index contributed by atoms with van der Waals surface area (Å²) < 4.78 is 28.0. The monoisotopic (exact) mass is 377 g/mol. The first-order valence-electron chi connectivity index (χ1n) is 7.66. The Bertz CT molecular complexity index is 904. The van der Waals surface area contributed by atoms with Crippen LogP contribution in [0.1, 0.15) is 18.1 Å². The van der Waals surface area contributed by atoms with Gasteiger partial charge in [0, 0.05) is 11.8 Å². The Labute approximate surface area is 151 Å². The van der Waals surface area contributed by atoms with E-state index in [1.807, 2.05) is 0 Å². The van der Waals surface area contributed by atoms with Gasteiger partial charge < -0.3 is 14.7 Å². The van der Waals surface area contributed by atoms with Crippen LogP contribution in [0.15, 0.2) is 58.6 Å². The first-order valence-corrected chi connectivity index (χ1v) is 9.55. The largest absolute Gasteiger partial charge is 0.482 e. The summed E-state index contributed by atoms with van der Waals surface area (Å²) in [5.41, 5.74) is 2.12. The summed E-state index contributed by atoms with van der Waals surface area (Å²) in [5.74, 6) is -0.623. The zero-order chi connectivity index (χ0) is 19.2. The number of ether oxygens (including phenoxy) is 1. The highest BCUT2D eigenvalue weighted by molar-refractivity contribution is 7.90. The summed E-state index contributed by atoms with van der Waals surface area (Å²) >= 11 is 0. The van der Waals surface area contributed by atoms with Gasteiger partial charge in [-0.25, -0.2) is 13.2 Å². The van der Waals surface area contributed by atoms with E-state index >= 15 is 0 Å². The summed E-state index contributed by atoms with van der Waals surface area (Å²) in [7, 11) is -3.22. The number of nitrogens with zero attached hydrogens (tertiary/aromatic N) is 1. The van der Waals surface area contributed by atoms with Gasteiger partial charge in [0.1, 0.15) is 12.4 Å². The van der Waals surface area contributed by atoms with Gasteiger partial charge in [-0.3, -0.25) is 0 Å².